The SMILES string of the molecule is [O-][n+]1c(CCl)nc2ccc(C(F)(F)F)cc2c1-c1ccccc1. The topological polar surface area (TPSA) is 39.8 Å². The lowest BCUT2D eigenvalue weighted by Gasteiger charge is -2.14. The van der Waals surface area contributed by atoms with Crippen LogP contribution < -0.4 is 4.73 Å². The van der Waals surface area contributed by atoms with E-state index in [1.54, 1.807) is 30.3 Å². The molecule has 2 aromatic carbocycles. The molecule has 23 heavy (non-hydrogen) atoms. The van der Waals surface area contributed by atoms with Crippen molar-refractivity contribution in [2.24, 2.45) is 0 Å². The molecule has 0 atom stereocenters. The van der Waals surface area contributed by atoms with E-state index < -0.39 is 11.7 Å². The molecule has 0 aliphatic rings. The minimum atomic E-state index is -4.50. The largest absolute Gasteiger partial charge is 0.710 e. The zero-order valence-electron chi connectivity index (χ0n) is 11.6. The van der Waals surface area contributed by atoms with E-state index >= 15 is 0 Å². The summed E-state index contributed by atoms with van der Waals surface area (Å²) >= 11 is 5.73. The van der Waals surface area contributed by atoms with Gasteiger partial charge in [-0.15, -0.1) is 11.6 Å². The van der Waals surface area contributed by atoms with Gasteiger partial charge in [-0.2, -0.15) is 13.2 Å². The molecule has 3 nitrogen and oxygen atoms in total. The van der Waals surface area contributed by atoms with Gasteiger partial charge in [0.05, 0.1) is 10.9 Å². The summed E-state index contributed by atoms with van der Waals surface area (Å²) in [6, 6.07) is 11.6. The first-order valence-corrected chi connectivity index (χ1v) is 7.20. The maximum Gasteiger partial charge on any atom is 0.416 e. The van der Waals surface area contributed by atoms with Gasteiger partial charge in [0.25, 0.3) is 0 Å². The Hall–Kier alpha value is -2.34. The highest BCUT2D eigenvalue weighted by molar-refractivity contribution is 6.16. The average molecular weight is 339 g/mol. The van der Waals surface area contributed by atoms with Gasteiger partial charge in [0, 0.05) is 5.56 Å². The molecular weight excluding hydrogens is 329 g/mol. The summed E-state index contributed by atoms with van der Waals surface area (Å²) in [6.45, 7) is 0. The lowest BCUT2D eigenvalue weighted by molar-refractivity contribution is -0.603. The van der Waals surface area contributed by atoms with Crippen LogP contribution in [0.3, 0.4) is 0 Å². The van der Waals surface area contributed by atoms with Gasteiger partial charge in [0.2, 0.25) is 0 Å². The minimum absolute atomic E-state index is 0.0396. The van der Waals surface area contributed by atoms with Crippen molar-refractivity contribution in [1.29, 1.82) is 0 Å². The number of benzene rings is 2. The normalized spacial score (nSPS) is 11.8. The first kappa shape index (κ1) is 15.6. The van der Waals surface area contributed by atoms with Gasteiger partial charge >= 0.3 is 12.0 Å². The molecule has 7 heteroatoms. The van der Waals surface area contributed by atoms with Crippen LogP contribution in [0.2, 0.25) is 0 Å². The van der Waals surface area contributed by atoms with Crippen LogP contribution in [0.1, 0.15) is 11.4 Å². The zero-order chi connectivity index (χ0) is 16.6. The van der Waals surface area contributed by atoms with Crippen molar-refractivity contribution in [1.82, 2.24) is 4.98 Å². The number of alkyl halides is 4. The van der Waals surface area contributed by atoms with Gasteiger partial charge in [-0.3, -0.25) is 0 Å². The Kier molecular flexibility index (Phi) is 3.85. The molecule has 0 aliphatic heterocycles. The lowest BCUT2D eigenvalue weighted by atomic mass is 10.0. The van der Waals surface area contributed by atoms with Crippen molar-refractivity contribution < 1.29 is 17.9 Å². The van der Waals surface area contributed by atoms with Crippen LogP contribution >= 0.6 is 11.6 Å². The second kappa shape index (κ2) is 5.70. The van der Waals surface area contributed by atoms with Crippen molar-refractivity contribution in [2.75, 3.05) is 0 Å². The van der Waals surface area contributed by atoms with E-state index in [2.05, 4.69) is 4.98 Å². The van der Waals surface area contributed by atoms with Crippen LogP contribution in [0.15, 0.2) is 48.5 Å². The summed E-state index contributed by atoms with van der Waals surface area (Å²) in [7, 11) is 0. The maximum absolute atomic E-state index is 13.0. The van der Waals surface area contributed by atoms with Gasteiger partial charge in [0.15, 0.2) is 5.52 Å². The molecule has 0 radical (unpaired) electrons. The minimum Gasteiger partial charge on any atom is -0.710 e. The molecule has 1 aromatic heterocycles. The predicted octanol–water partition coefficient (Wildman–Crippen LogP) is 4.29. The van der Waals surface area contributed by atoms with Crippen LogP contribution in [-0.4, -0.2) is 4.98 Å². The summed E-state index contributed by atoms with van der Waals surface area (Å²) in [5.41, 5.74) is 0.0696. The van der Waals surface area contributed by atoms with E-state index in [-0.39, 0.29) is 22.8 Å². The van der Waals surface area contributed by atoms with Crippen LogP contribution in [0.4, 0.5) is 13.2 Å². The van der Waals surface area contributed by atoms with Crippen LogP contribution in [0.5, 0.6) is 0 Å². The molecule has 0 amide bonds. The number of rotatable bonds is 2. The van der Waals surface area contributed by atoms with Crippen molar-refractivity contribution in [3.63, 3.8) is 0 Å². The standard InChI is InChI=1S/C16H10ClF3N2O/c17-9-14-21-13-7-6-11(16(18,19)20)8-12(13)15(22(14)23)10-4-2-1-3-5-10/h1-8H,9H2. The molecule has 0 N–H and O–H groups in total. The Bertz CT molecular complexity index is 867. The summed E-state index contributed by atoms with van der Waals surface area (Å²) in [4.78, 5) is 4.05. The zero-order valence-corrected chi connectivity index (χ0v) is 12.4. The summed E-state index contributed by atoms with van der Waals surface area (Å²) < 4.78 is 39.4. The molecule has 1 heterocycles. The maximum atomic E-state index is 13.0. The highest BCUT2D eigenvalue weighted by Crippen LogP contribution is 2.33. The fourth-order valence-electron chi connectivity index (χ4n) is 2.38. The molecule has 0 saturated carbocycles. The molecule has 3 rings (SSSR count). The fraction of sp³-hybridized carbons (Fsp3) is 0.125. The van der Waals surface area contributed by atoms with Crippen LogP contribution in [0, 0.1) is 5.21 Å². The van der Waals surface area contributed by atoms with E-state index in [4.69, 9.17) is 11.6 Å². The number of hydrogen-bond acceptors (Lipinski definition) is 2. The van der Waals surface area contributed by atoms with E-state index in [0.29, 0.717) is 15.8 Å². The summed E-state index contributed by atoms with van der Waals surface area (Å²) in [5, 5.41) is 12.6. The Morgan fingerprint density at radius 3 is 2.39 bits per heavy atom. The third-order valence-corrected chi connectivity index (χ3v) is 3.67. The second-order valence-electron chi connectivity index (χ2n) is 4.90. The Morgan fingerprint density at radius 1 is 1.09 bits per heavy atom. The van der Waals surface area contributed by atoms with Gasteiger partial charge in [-0.05, 0) is 23.2 Å². The molecule has 3 aromatic rings. The Morgan fingerprint density at radius 2 is 1.78 bits per heavy atom. The van der Waals surface area contributed by atoms with E-state index in [1.807, 2.05) is 0 Å². The lowest BCUT2D eigenvalue weighted by Crippen LogP contribution is -2.35. The van der Waals surface area contributed by atoms with Gasteiger partial charge in [-0.1, -0.05) is 30.3 Å². The van der Waals surface area contributed by atoms with Crippen molar-refractivity contribution in [3.8, 4) is 11.3 Å². The van der Waals surface area contributed by atoms with Crippen molar-refractivity contribution in [3.05, 3.63) is 65.1 Å². The molecule has 0 fully saturated rings. The van der Waals surface area contributed by atoms with E-state index in [0.717, 1.165) is 12.1 Å². The number of aromatic nitrogens is 2. The molecule has 118 valence electrons. The number of nitrogens with zero attached hydrogens (tertiary/aromatic N) is 2. The quantitative estimate of drug-likeness (QED) is 0.397. The molecule has 0 unspecified atom stereocenters. The Labute approximate surface area is 134 Å². The number of halogens is 4. The highest BCUT2D eigenvalue weighted by atomic mass is 35.5. The van der Waals surface area contributed by atoms with Crippen molar-refractivity contribution >= 4 is 22.5 Å². The average Bonchev–Trinajstić information content (AvgIpc) is 2.53. The van der Waals surface area contributed by atoms with Crippen LogP contribution in [-0.2, 0) is 12.1 Å². The molecule has 0 bridgehead atoms. The molecular formula is C16H10ClF3N2O. The van der Waals surface area contributed by atoms with Crippen molar-refractivity contribution in [2.45, 2.75) is 12.1 Å². The molecule has 0 saturated heterocycles. The molecule has 0 spiro atoms. The van der Waals surface area contributed by atoms with Gasteiger partial charge in [0.1, 0.15) is 11.6 Å². The highest BCUT2D eigenvalue weighted by Gasteiger charge is 2.32. The van der Waals surface area contributed by atoms with E-state index in [1.165, 1.54) is 6.07 Å². The second-order valence-corrected chi connectivity index (χ2v) is 5.17. The Balaban J connectivity index is 2.40. The summed E-state index contributed by atoms with van der Waals surface area (Å²) in [6.07, 6.45) is -4.50. The fourth-order valence-corrected chi connectivity index (χ4v) is 2.54. The number of hydrogen-bond donors (Lipinski definition) is 0. The van der Waals surface area contributed by atoms with E-state index in [9.17, 15) is 18.4 Å². The monoisotopic (exact) mass is 338 g/mol. The van der Waals surface area contributed by atoms with Gasteiger partial charge in [-0.25, -0.2) is 4.73 Å². The van der Waals surface area contributed by atoms with Crippen LogP contribution in [0.25, 0.3) is 22.2 Å². The first-order chi connectivity index (χ1) is 10.9. The van der Waals surface area contributed by atoms with Gasteiger partial charge < -0.3 is 5.21 Å². The number of fused-ring (bicyclic) bond motifs is 1. The predicted molar refractivity (Wildman–Crippen MR) is 80.7 cm³/mol. The third kappa shape index (κ3) is 2.82. The first-order valence-electron chi connectivity index (χ1n) is 6.66. The smallest absolute Gasteiger partial charge is 0.416 e. The summed E-state index contributed by atoms with van der Waals surface area (Å²) in [5.74, 6) is -0.0990. The third-order valence-electron chi connectivity index (χ3n) is 3.43. The molecule has 0 aliphatic carbocycles.